The molecule has 1 N–H and O–H groups in total. The fourth-order valence-electron chi connectivity index (χ4n) is 2.10. The average Bonchev–Trinajstić information content (AvgIpc) is 2.67. The number of rotatable bonds is 7. The Bertz CT molecular complexity index is 835. The van der Waals surface area contributed by atoms with E-state index in [1.807, 2.05) is 0 Å². The molecular formula is C19H18BrNO6. The van der Waals surface area contributed by atoms with E-state index in [9.17, 15) is 14.4 Å². The van der Waals surface area contributed by atoms with Crippen LogP contribution < -0.4 is 10.1 Å². The van der Waals surface area contributed by atoms with Crippen LogP contribution in [0.5, 0.6) is 5.75 Å². The molecule has 0 aliphatic carbocycles. The van der Waals surface area contributed by atoms with E-state index in [0.717, 1.165) is 0 Å². The monoisotopic (exact) mass is 435 g/mol. The first-order valence-electron chi connectivity index (χ1n) is 8.02. The fraction of sp³-hybridized carbons (Fsp3) is 0.211. The summed E-state index contributed by atoms with van der Waals surface area (Å²) < 4.78 is 15.5. The van der Waals surface area contributed by atoms with Crippen LogP contribution in [-0.2, 0) is 14.3 Å². The smallest absolute Gasteiger partial charge is 0.339 e. The van der Waals surface area contributed by atoms with Crippen molar-refractivity contribution in [2.75, 3.05) is 25.6 Å². The molecule has 0 spiro atoms. The summed E-state index contributed by atoms with van der Waals surface area (Å²) in [5.41, 5.74) is 1.09. The Balaban J connectivity index is 1.90. The van der Waals surface area contributed by atoms with Gasteiger partial charge >= 0.3 is 11.9 Å². The Morgan fingerprint density at radius 3 is 2.33 bits per heavy atom. The van der Waals surface area contributed by atoms with E-state index in [-0.39, 0.29) is 12.2 Å². The van der Waals surface area contributed by atoms with Gasteiger partial charge in [-0.1, -0.05) is 0 Å². The predicted octanol–water partition coefficient (Wildman–Crippen LogP) is 3.43. The van der Waals surface area contributed by atoms with Gasteiger partial charge in [-0.3, -0.25) is 4.79 Å². The average molecular weight is 436 g/mol. The summed E-state index contributed by atoms with van der Waals surface area (Å²) in [4.78, 5) is 35.7. The van der Waals surface area contributed by atoms with E-state index >= 15 is 0 Å². The number of esters is 2. The van der Waals surface area contributed by atoms with Gasteiger partial charge in [0.25, 0.3) is 5.91 Å². The number of methoxy groups -OCH3 is 1. The second kappa shape index (κ2) is 9.72. The maximum Gasteiger partial charge on any atom is 0.339 e. The lowest BCUT2D eigenvalue weighted by Crippen LogP contribution is -2.21. The normalized spacial score (nSPS) is 10.0. The first-order chi connectivity index (χ1) is 12.9. The summed E-state index contributed by atoms with van der Waals surface area (Å²) in [5.74, 6) is -1.11. The van der Waals surface area contributed by atoms with Crippen LogP contribution in [0.4, 0.5) is 5.69 Å². The molecule has 0 aliphatic rings. The van der Waals surface area contributed by atoms with Crippen molar-refractivity contribution in [1.29, 1.82) is 0 Å². The van der Waals surface area contributed by atoms with E-state index in [4.69, 9.17) is 14.2 Å². The molecule has 0 aromatic heterocycles. The minimum Gasteiger partial charge on any atom is -0.497 e. The van der Waals surface area contributed by atoms with Gasteiger partial charge in [0, 0.05) is 10.2 Å². The minimum atomic E-state index is -0.659. The van der Waals surface area contributed by atoms with E-state index in [1.165, 1.54) is 25.3 Å². The molecule has 2 rings (SSSR count). The van der Waals surface area contributed by atoms with Crippen LogP contribution in [0.2, 0.25) is 0 Å². The predicted molar refractivity (Wildman–Crippen MR) is 102 cm³/mol. The van der Waals surface area contributed by atoms with Gasteiger partial charge in [0.15, 0.2) is 6.61 Å². The maximum absolute atomic E-state index is 12.1. The highest BCUT2D eigenvalue weighted by Gasteiger charge is 2.15. The topological polar surface area (TPSA) is 90.9 Å². The van der Waals surface area contributed by atoms with Gasteiger partial charge in [0.2, 0.25) is 0 Å². The molecule has 0 fully saturated rings. The van der Waals surface area contributed by atoms with E-state index in [1.54, 1.807) is 31.2 Å². The molecule has 0 bridgehead atoms. The van der Waals surface area contributed by atoms with Crippen LogP contribution in [0.15, 0.2) is 46.9 Å². The number of hydrogen-bond acceptors (Lipinski definition) is 6. The molecule has 0 aliphatic heterocycles. The van der Waals surface area contributed by atoms with Crippen LogP contribution in [0.3, 0.4) is 0 Å². The molecule has 0 unspecified atom stereocenters. The van der Waals surface area contributed by atoms with Crippen molar-refractivity contribution in [3.8, 4) is 5.75 Å². The van der Waals surface area contributed by atoms with Gasteiger partial charge in [-0.05, 0) is 65.3 Å². The van der Waals surface area contributed by atoms with Crippen LogP contribution in [0.1, 0.15) is 27.6 Å². The largest absolute Gasteiger partial charge is 0.497 e. The number of amides is 1. The maximum atomic E-state index is 12.1. The molecule has 7 nitrogen and oxygen atoms in total. The summed E-state index contributed by atoms with van der Waals surface area (Å²) in [6.45, 7) is 1.55. The number of carbonyl (C=O) groups excluding carboxylic acids is 3. The summed E-state index contributed by atoms with van der Waals surface area (Å²) in [7, 11) is 1.49. The van der Waals surface area contributed by atoms with Crippen molar-refractivity contribution in [3.05, 3.63) is 58.1 Å². The van der Waals surface area contributed by atoms with Gasteiger partial charge in [0.1, 0.15) is 5.75 Å². The molecule has 0 radical (unpaired) electrons. The Kier molecular flexibility index (Phi) is 7.36. The van der Waals surface area contributed by atoms with Gasteiger partial charge < -0.3 is 19.5 Å². The van der Waals surface area contributed by atoms with Crippen molar-refractivity contribution in [2.24, 2.45) is 0 Å². The number of hydrogen-bond donors (Lipinski definition) is 1. The van der Waals surface area contributed by atoms with E-state index < -0.39 is 24.5 Å². The Morgan fingerprint density at radius 1 is 1.00 bits per heavy atom. The molecule has 8 heteroatoms. The van der Waals surface area contributed by atoms with E-state index in [0.29, 0.717) is 21.5 Å². The second-order valence-electron chi connectivity index (χ2n) is 5.27. The quantitative estimate of drug-likeness (QED) is 0.669. The third kappa shape index (κ3) is 5.82. The Hall–Kier alpha value is -2.87. The van der Waals surface area contributed by atoms with Crippen molar-refractivity contribution >= 4 is 39.5 Å². The highest BCUT2D eigenvalue weighted by molar-refractivity contribution is 9.10. The van der Waals surface area contributed by atoms with Crippen molar-refractivity contribution < 1.29 is 28.6 Å². The third-order valence-electron chi connectivity index (χ3n) is 3.41. The van der Waals surface area contributed by atoms with Crippen LogP contribution >= 0.6 is 15.9 Å². The molecule has 0 saturated carbocycles. The summed E-state index contributed by atoms with van der Waals surface area (Å²) >= 11 is 3.26. The number of carbonyl (C=O) groups is 3. The molecule has 142 valence electrons. The van der Waals surface area contributed by atoms with Crippen LogP contribution in [0.25, 0.3) is 0 Å². The van der Waals surface area contributed by atoms with Crippen molar-refractivity contribution in [2.45, 2.75) is 6.92 Å². The first kappa shape index (κ1) is 20.4. The highest BCUT2D eigenvalue weighted by atomic mass is 79.9. The second-order valence-corrected chi connectivity index (χ2v) is 6.12. The zero-order chi connectivity index (χ0) is 19.8. The zero-order valence-electron chi connectivity index (χ0n) is 14.8. The Labute approximate surface area is 164 Å². The SMILES string of the molecule is CCOC(=O)c1ccc(NC(=O)COC(=O)c2cc(OC)ccc2Br)cc1. The fourth-order valence-corrected chi connectivity index (χ4v) is 2.51. The summed E-state index contributed by atoms with van der Waals surface area (Å²) in [6.07, 6.45) is 0. The number of anilines is 1. The minimum absolute atomic E-state index is 0.251. The van der Waals surface area contributed by atoms with Gasteiger partial charge in [-0.25, -0.2) is 9.59 Å². The number of benzene rings is 2. The molecule has 0 heterocycles. The van der Waals surface area contributed by atoms with Crippen molar-refractivity contribution in [3.63, 3.8) is 0 Å². The number of nitrogens with one attached hydrogen (secondary N) is 1. The molecule has 0 saturated heterocycles. The van der Waals surface area contributed by atoms with Crippen LogP contribution in [0, 0.1) is 0 Å². The van der Waals surface area contributed by atoms with Gasteiger partial charge in [-0.2, -0.15) is 0 Å². The molecular weight excluding hydrogens is 418 g/mol. The summed E-state index contributed by atoms with van der Waals surface area (Å²) in [5, 5.41) is 2.58. The lowest BCUT2D eigenvalue weighted by Gasteiger charge is -2.09. The molecule has 0 atom stereocenters. The highest BCUT2D eigenvalue weighted by Crippen LogP contribution is 2.23. The standard InChI is InChI=1S/C19H18BrNO6/c1-3-26-18(23)12-4-6-13(7-5-12)21-17(22)11-27-19(24)15-10-14(25-2)8-9-16(15)20/h4-10H,3,11H2,1-2H3,(H,21,22). The lowest BCUT2D eigenvalue weighted by atomic mass is 10.2. The molecule has 2 aromatic rings. The van der Waals surface area contributed by atoms with Gasteiger partial charge in [-0.15, -0.1) is 0 Å². The Morgan fingerprint density at radius 2 is 1.70 bits per heavy atom. The summed E-state index contributed by atoms with van der Waals surface area (Å²) in [6, 6.07) is 11.0. The van der Waals surface area contributed by atoms with Gasteiger partial charge in [0.05, 0.1) is 24.8 Å². The first-order valence-corrected chi connectivity index (χ1v) is 8.81. The molecule has 27 heavy (non-hydrogen) atoms. The van der Waals surface area contributed by atoms with E-state index in [2.05, 4.69) is 21.2 Å². The zero-order valence-corrected chi connectivity index (χ0v) is 16.4. The lowest BCUT2D eigenvalue weighted by molar-refractivity contribution is -0.119. The third-order valence-corrected chi connectivity index (χ3v) is 4.10. The number of ether oxygens (including phenoxy) is 3. The van der Waals surface area contributed by atoms with Crippen molar-refractivity contribution in [1.82, 2.24) is 0 Å². The molecule has 2 aromatic carbocycles. The van der Waals surface area contributed by atoms with Crippen LogP contribution in [-0.4, -0.2) is 38.2 Å². The number of halogens is 1. The molecule has 1 amide bonds.